The summed E-state index contributed by atoms with van der Waals surface area (Å²) in [5, 5.41) is 3.69. The lowest BCUT2D eigenvalue weighted by Gasteiger charge is -2.38. The Bertz CT molecular complexity index is 1760. The zero-order valence-corrected chi connectivity index (χ0v) is 26.0. The number of sulfonamides is 1. The quantitative estimate of drug-likeness (QED) is 0.321. The van der Waals surface area contributed by atoms with Crippen LogP contribution in [0.3, 0.4) is 0 Å². The number of pyridine rings is 1. The maximum absolute atomic E-state index is 13.6. The number of benzene rings is 2. The third kappa shape index (κ3) is 6.12. The fourth-order valence-electron chi connectivity index (χ4n) is 6.24. The number of para-hydroxylation sites is 1. The highest BCUT2D eigenvalue weighted by Crippen LogP contribution is 2.37. The van der Waals surface area contributed by atoms with Crippen LogP contribution in [0.4, 0.5) is 0 Å². The number of hydrogen-bond donors (Lipinski definition) is 1. The van der Waals surface area contributed by atoms with Crippen LogP contribution < -0.4 is 15.5 Å². The largest absolute Gasteiger partial charge is 0.494 e. The Hall–Kier alpha value is -2.77. The van der Waals surface area contributed by atoms with Crippen molar-refractivity contribution in [2.45, 2.75) is 78.7 Å². The Morgan fingerprint density at radius 3 is 2.56 bits per heavy atom. The molecule has 10 nitrogen and oxygen atoms in total. The number of rotatable bonds is 11. The second-order valence-electron chi connectivity index (χ2n) is 11.8. The fourth-order valence-corrected chi connectivity index (χ4v) is 9.48. The minimum Gasteiger partial charge on any atom is -0.494 e. The molecular weight excluding hydrogens is 590 g/mol. The van der Waals surface area contributed by atoms with Crippen molar-refractivity contribution in [1.29, 1.82) is 0 Å². The van der Waals surface area contributed by atoms with Gasteiger partial charge in [0.2, 0.25) is 15.5 Å². The molecule has 2 saturated heterocycles. The van der Waals surface area contributed by atoms with Gasteiger partial charge in [-0.25, -0.2) is 16.8 Å². The zero-order valence-electron chi connectivity index (χ0n) is 24.4. The van der Waals surface area contributed by atoms with Crippen LogP contribution in [0, 0.1) is 0 Å². The van der Waals surface area contributed by atoms with E-state index in [-0.39, 0.29) is 21.8 Å². The molecule has 0 bridgehead atoms. The summed E-state index contributed by atoms with van der Waals surface area (Å²) >= 11 is 0. The molecule has 3 aromatic rings. The molecular formula is C31H39N3O7S2. The smallest absolute Gasteiger partial charge is 0.248 e. The predicted molar refractivity (Wildman–Crippen MR) is 164 cm³/mol. The number of nitrogens with zero attached hydrogens (tertiary/aromatic N) is 2. The monoisotopic (exact) mass is 629 g/mol. The Kier molecular flexibility index (Phi) is 8.42. The molecule has 1 N–H and O–H groups in total. The van der Waals surface area contributed by atoms with E-state index in [2.05, 4.69) is 5.32 Å². The van der Waals surface area contributed by atoms with E-state index in [0.717, 1.165) is 37.7 Å². The normalized spacial score (nSPS) is 21.0. The van der Waals surface area contributed by atoms with Gasteiger partial charge in [-0.2, -0.15) is 4.31 Å². The molecule has 2 aromatic carbocycles. The van der Waals surface area contributed by atoms with Crippen LogP contribution in [0.1, 0.15) is 45.4 Å². The molecule has 1 aliphatic carbocycles. The molecule has 3 heterocycles. The highest BCUT2D eigenvalue weighted by molar-refractivity contribution is 7.92. The Labute approximate surface area is 253 Å². The van der Waals surface area contributed by atoms with Crippen LogP contribution in [0.2, 0.25) is 0 Å². The summed E-state index contributed by atoms with van der Waals surface area (Å²) < 4.78 is 67.5. The molecule has 0 amide bonds. The molecule has 3 aliphatic rings. The maximum Gasteiger partial charge on any atom is 0.248 e. The maximum atomic E-state index is 13.6. The molecule has 1 saturated carbocycles. The first-order valence-electron chi connectivity index (χ1n) is 15.1. The molecule has 12 heteroatoms. The Morgan fingerprint density at radius 1 is 1.05 bits per heavy atom. The minimum atomic E-state index is -3.95. The summed E-state index contributed by atoms with van der Waals surface area (Å²) in [6.45, 7) is 4.82. The van der Waals surface area contributed by atoms with Gasteiger partial charge in [0.25, 0.3) is 0 Å². The Morgan fingerprint density at radius 2 is 1.81 bits per heavy atom. The van der Waals surface area contributed by atoms with Gasteiger partial charge in [-0.1, -0.05) is 18.2 Å². The average molecular weight is 630 g/mol. The lowest BCUT2D eigenvalue weighted by Crippen LogP contribution is -2.47. The number of hydrogen-bond acceptors (Lipinski definition) is 8. The van der Waals surface area contributed by atoms with E-state index < -0.39 is 25.3 Å². The second kappa shape index (κ2) is 12.0. The molecule has 2 aliphatic heterocycles. The number of fused-ring (bicyclic) bond motifs is 1. The van der Waals surface area contributed by atoms with Crippen LogP contribution in [0.15, 0.2) is 69.3 Å². The third-order valence-corrected chi connectivity index (χ3v) is 13.0. The Balaban J connectivity index is 0.989. The predicted octanol–water partition coefficient (Wildman–Crippen LogP) is 3.33. The van der Waals surface area contributed by atoms with E-state index in [1.807, 2.05) is 23.6 Å². The molecule has 0 radical (unpaired) electrons. The minimum absolute atomic E-state index is 0.160. The molecule has 6 rings (SSSR count). The van der Waals surface area contributed by atoms with E-state index in [1.54, 1.807) is 36.4 Å². The number of nitrogens with one attached hydrogen (secondary N) is 1. The van der Waals surface area contributed by atoms with E-state index in [4.69, 9.17) is 9.47 Å². The van der Waals surface area contributed by atoms with Crippen molar-refractivity contribution in [3.63, 3.8) is 0 Å². The number of sulfone groups is 1. The topological polar surface area (TPSA) is 124 Å². The molecule has 232 valence electrons. The molecule has 1 spiro atoms. The fraction of sp³-hybridized carbons (Fsp3) is 0.516. The van der Waals surface area contributed by atoms with Crippen molar-refractivity contribution >= 4 is 30.8 Å². The second-order valence-corrected chi connectivity index (χ2v) is 15.9. The molecule has 1 atom stereocenters. The van der Waals surface area contributed by atoms with Gasteiger partial charge in [-0.3, -0.25) is 4.79 Å². The van der Waals surface area contributed by atoms with Gasteiger partial charge in [0.1, 0.15) is 10.6 Å². The standard InChI is InChI=1S/C31H39N3O7S2/c1-2-33-21-29(30(35)27-9-3-4-10-28(27)33)43(38,39)34-16-13-31(14-17-34)20-23(22-41-31)32-15-6-18-40-24-7-5-8-26(19-24)42(36,37)25-11-12-25/h3-5,7-10,19,21,23,25,32H,2,6,11-18,20,22H2,1H3/t23-/m1/s1. The first-order valence-corrected chi connectivity index (χ1v) is 18.1. The number of ether oxygens (including phenoxy) is 2. The van der Waals surface area contributed by atoms with Crippen LogP contribution in [-0.2, 0) is 31.1 Å². The van der Waals surface area contributed by atoms with Crippen molar-refractivity contribution in [3.8, 4) is 5.75 Å². The number of aryl methyl sites for hydroxylation is 1. The summed E-state index contributed by atoms with van der Waals surface area (Å²) in [6.07, 6.45) is 5.63. The van der Waals surface area contributed by atoms with Gasteiger partial charge < -0.3 is 19.4 Å². The summed E-state index contributed by atoms with van der Waals surface area (Å²) in [4.78, 5) is 13.4. The lowest BCUT2D eigenvalue weighted by atomic mass is 9.88. The summed E-state index contributed by atoms with van der Waals surface area (Å²) in [6, 6.07) is 14.0. The molecule has 43 heavy (non-hydrogen) atoms. The van der Waals surface area contributed by atoms with Crippen molar-refractivity contribution in [2.24, 2.45) is 0 Å². The van der Waals surface area contributed by atoms with Gasteiger partial charge in [-0.15, -0.1) is 0 Å². The first-order chi connectivity index (χ1) is 20.6. The van der Waals surface area contributed by atoms with Crippen molar-refractivity contribution in [3.05, 3.63) is 65.0 Å². The van der Waals surface area contributed by atoms with Crippen LogP contribution >= 0.6 is 0 Å². The third-order valence-electron chi connectivity index (χ3n) is 8.88. The first kappa shape index (κ1) is 30.3. The van der Waals surface area contributed by atoms with E-state index in [9.17, 15) is 21.6 Å². The van der Waals surface area contributed by atoms with Crippen molar-refractivity contribution in [2.75, 3.05) is 32.8 Å². The highest BCUT2D eigenvalue weighted by Gasteiger charge is 2.45. The van der Waals surface area contributed by atoms with E-state index in [1.165, 1.54) is 10.5 Å². The van der Waals surface area contributed by atoms with Crippen LogP contribution in [0.25, 0.3) is 10.9 Å². The molecule has 1 aromatic heterocycles. The van der Waals surface area contributed by atoms with Crippen molar-refractivity contribution in [1.82, 2.24) is 14.2 Å². The summed E-state index contributed by atoms with van der Waals surface area (Å²) in [5.41, 5.74) is -0.104. The van der Waals surface area contributed by atoms with Gasteiger partial charge in [0.05, 0.1) is 34.5 Å². The number of aromatic nitrogens is 1. The highest BCUT2D eigenvalue weighted by atomic mass is 32.2. The molecule has 3 fully saturated rings. The zero-order chi connectivity index (χ0) is 30.2. The summed E-state index contributed by atoms with van der Waals surface area (Å²) in [7, 11) is -7.20. The average Bonchev–Trinajstić information content (AvgIpc) is 3.81. The van der Waals surface area contributed by atoms with Gasteiger partial charge >= 0.3 is 0 Å². The number of piperidine rings is 1. The van der Waals surface area contributed by atoms with Gasteiger partial charge in [0.15, 0.2) is 9.84 Å². The van der Waals surface area contributed by atoms with Gasteiger partial charge in [-0.05, 0) is 82.3 Å². The van der Waals surface area contributed by atoms with Crippen LogP contribution in [0.5, 0.6) is 5.75 Å². The lowest BCUT2D eigenvalue weighted by molar-refractivity contribution is -0.0311. The SMILES string of the molecule is CCn1cc(S(=O)(=O)N2CCC3(CC2)C[C@@H](NCCCOc2cccc(S(=O)(=O)C4CC4)c2)CO3)c(=O)c2ccccc21. The summed E-state index contributed by atoms with van der Waals surface area (Å²) in [5.74, 6) is 0.559. The van der Waals surface area contributed by atoms with E-state index >= 15 is 0 Å². The van der Waals surface area contributed by atoms with Crippen molar-refractivity contribution < 1.29 is 26.3 Å². The van der Waals surface area contributed by atoms with Gasteiger partial charge in [0, 0.05) is 37.3 Å². The van der Waals surface area contributed by atoms with Crippen LogP contribution in [-0.4, -0.2) is 75.4 Å². The molecule has 0 unspecified atom stereocenters. The van der Waals surface area contributed by atoms with E-state index in [0.29, 0.717) is 61.7 Å².